The number of carbonyl (C=O) groups is 2. The number of ether oxygens (including phenoxy) is 2. The van der Waals surface area contributed by atoms with E-state index in [1.807, 2.05) is 60.7 Å². The zero-order chi connectivity index (χ0) is 32.8. The van der Waals surface area contributed by atoms with Crippen molar-refractivity contribution in [2.45, 2.75) is 95.7 Å². The molecular weight excluding hydrogens is 592 g/mol. The van der Waals surface area contributed by atoms with Gasteiger partial charge in [-0.3, -0.25) is 9.59 Å². The predicted molar refractivity (Wildman–Crippen MR) is 186 cm³/mol. The van der Waals surface area contributed by atoms with Gasteiger partial charge in [0.15, 0.2) is 6.29 Å². The summed E-state index contributed by atoms with van der Waals surface area (Å²) in [5.74, 6) is -0.128. The zero-order valence-electron chi connectivity index (χ0n) is 27.4. The Balaban J connectivity index is 1.11. The van der Waals surface area contributed by atoms with Gasteiger partial charge in [-0.15, -0.1) is 0 Å². The summed E-state index contributed by atoms with van der Waals surface area (Å²) in [5, 5.41) is 15.3. The van der Waals surface area contributed by atoms with Crippen molar-refractivity contribution in [2.75, 3.05) is 36.0 Å². The third-order valence-electron chi connectivity index (χ3n) is 9.03. The van der Waals surface area contributed by atoms with Gasteiger partial charge in [-0.2, -0.15) is 0 Å². The van der Waals surface area contributed by atoms with Crippen molar-refractivity contribution >= 4 is 28.9 Å². The van der Waals surface area contributed by atoms with Gasteiger partial charge in [0.25, 0.3) is 0 Å². The number of aliphatic hydroxyl groups excluding tert-OH is 1. The van der Waals surface area contributed by atoms with E-state index >= 15 is 0 Å². The second-order valence-electron chi connectivity index (χ2n) is 12.8. The van der Waals surface area contributed by atoms with Gasteiger partial charge in [0.05, 0.1) is 30.2 Å². The molecule has 3 atom stereocenters. The average molecular weight is 643 g/mol. The SMILES string of the molecule is Nc1ccccc1NC(=O)CCCCCC(=O)Nc1ccc([C@@H]2O[C@H](CN3CCCCCCC3)C[C@H](c3ccc(CO)cc3)O2)cc1. The van der Waals surface area contributed by atoms with Gasteiger partial charge in [0.2, 0.25) is 11.8 Å². The molecule has 0 saturated carbocycles. The van der Waals surface area contributed by atoms with Crippen LogP contribution in [-0.4, -0.2) is 47.6 Å². The first-order valence-corrected chi connectivity index (χ1v) is 17.2. The summed E-state index contributed by atoms with van der Waals surface area (Å²) < 4.78 is 13.1. The molecule has 3 aromatic carbocycles. The summed E-state index contributed by atoms with van der Waals surface area (Å²) >= 11 is 0. The maximum atomic E-state index is 12.6. The molecule has 0 bridgehead atoms. The summed E-state index contributed by atoms with van der Waals surface area (Å²) in [4.78, 5) is 27.4. The lowest BCUT2D eigenvalue weighted by Crippen LogP contribution is -2.40. The molecule has 0 aromatic heterocycles. The number of hydrogen-bond donors (Lipinski definition) is 4. The fraction of sp³-hybridized carbons (Fsp3) is 0.474. The zero-order valence-corrected chi connectivity index (χ0v) is 27.4. The summed E-state index contributed by atoms with van der Waals surface area (Å²) in [7, 11) is 0. The number of rotatable bonds is 13. The van der Waals surface area contributed by atoms with Gasteiger partial charge in [-0.1, -0.05) is 74.2 Å². The Morgan fingerprint density at radius 3 is 2.09 bits per heavy atom. The fourth-order valence-electron chi connectivity index (χ4n) is 6.34. The maximum Gasteiger partial charge on any atom is 0.224 e. The average Bonchev–Trinajstić information content (AvgIpc) is 3.07. The summed E-state index contributed by atoms with van der Waals surface area (Å²) in [6, 6.07) is 22.9. The molecule has 2 aliphatic rings. The number of aliphatic hydroxyl groups is 1. The van der Waals surface area contributed by atoms with Crippen molar-refractivity contribution in [3.8, 4) is 0 Å². The number of nitrogens with two attached hydrogens (primary N) is 1. The predicted octanol–water partition coefficient (Wildman–Crippen LogP) is 7.10. The Labute approximate surface area is 278 Å². The maximum absolute atomic E-state index is 12.6. The van der Waals surface area contributed by atoms with Gasteiger partial charge >= 0.3 is 0 Å². The number of para-hydroxylation sites is 2. The van der Waals surface area contributed by atoms with Crippen molar-refractivity contribution in [1.82, 2.24) is 4.90 Å². The number of nitrogens with zero attached hydrogens (tertiary/aromatic N) is 1. The molecular formula is C38H50N4O5. The molecule has 47 heavy (non-hydrogen) atoms. The Hall–Kier alpha value is -3.76. The Kier molecular flexibility index (Phi) is 13.2. The second-order valence-corrected chi connectivity index (χ2v) is 12.8. The topological polar surface area (TPSA) is 126 Å². The van der Waals surface area contributed by atoms with Crippen LogP contribution >= 0.6 is 0 Å². The molecule has 5 N–H and O–H groups in total. The lowest BCUT2D eigenvalue weighted by molar-refractivity contribution is -0.253. The fourth-order valence-corrected chi connectivity index (χ4v) is 6.34. The molecule has 2 fully saturated rings. The number of benzene rings is 3. The van der Waals surface area contributed by atoms with Crippen molar-refractivity contribution in [3.63, 3.8) is 0 Å². The first-order valence-electron chi connectivity index (χ1n) is 17.2. The highest BCUT2D eigenvalue weighted by Crippen LogP contribution is 2.38. The van der Waals surface area contributed by atoms with E-state index < -0.39 is 6.29 Å². The van der Waals surface area contributed by atoms with Crippen LogP contribution in [-0.2, 0) is 25.7 Å². The highest BCUT2D eigenvalue weighted by atomic mass is 16.7. The number of unbranched alkanes of at least 4 members (excludes halogenated alkanes) is 2. The van der Waals surface area contributed by atoms with E-state index in [2.05, 4.69) is 15.5 Å². The number of carbonyl (C=O) groups excluding carboxylic acids is 2. The van der Waals surface area contributed by atoms with Gasteiger partial charge in [0, 0.05) is 37.1 Å². The van der Waals surface area contributed by atoms with Crippen LogP contribution in [0.5, 0.6) is 0 Å². The molecule has 0 unspecified atom stereocenters. The molecule has 5 rings (SSSR count). The van der Waals surface area contributed by atoms with Gasteiger partial charge < -0.3 is 35.8 Å². The third kappa shape index (κ3) is 10.9. The summed E-state index contributed by atoms with van der Waals surface area (Å²) in [6.45, 7) is 3.11. The Morgan fingerprint density at radius 1 is 0.766 bits per heavy atom. The molecule has 2 saturated heterocycles. The van der Waals surface area contributed by atoms with E-state index in [4.69, 9.17) is 15.2 Å². The van der Waals surface area contributed by atoms with Crippen LogP contribution in [0, 0.1) is 0 Å². The summed E-state index contributed by atoms with van der Waals surface area (Å²) in [6.07, 6.45) is 9.48. The van der Waals surface area contributed by atoms with Crippen molar-refractivity contribution < 1.29 is 24.2 Å². The number of amides is 2. The molecule has 2 heterocycles. The molecule has 9 nitrogen and oxygen atoms in total. The monoisotopic (exact) mass is 642 g/mol. The van der Waals surface area contributed by atoms with Gasteiger partial charge in [0.1, 0.15) is 0 Å². The second kappa shape index (κ2) is 18.0. The van der Waals surface area contributed by atoms with Crippen LogP contribution < -0.4 is 16.4 Å². The first-order chi connectivity index (χ1) is 23.0. The van der Waals surface area contributed by atoms with Crippen LogP contribution in [0.4, 0.5) is 17.1 Å². The van der Waals surface area contributed by atoms with Crippen LogP contribution in [0.25, 0.3) is 0 Å². The highest BCUT2D eigenvalue weighted by Gasteiger charge is 2.33. The van der Waals surface area contributed by atoms with E-state index in [1.54, 1.807) is 12.1 Å². The van der Waals surface area contributed by atoms with E-state index in [1.165, 1.54) is 32.1 Å². The number of nitrogen functional groups attached to an aromatic ring is 1. The minimum absolute atomic E-state index is 0.0161. The number of nitrogens with one attached hydrogen (secondary N) is 2. The minimum Gasteiger partial charge on any atom is -0.397 e. The number of anilines is 3. The van der Waals surface area contributed by atoms with Gasteiger partial charge in [-0.25, -0.2) is 0 Å². The van der Waals surface area contributed by atoms with Crippen LogP contribution in [0.15, 0.2) is 72.8 Å². The molecule has 2 aliphatic heterocycles. The van der Waals surface area contributed by atoms with Crippen molar-refractivity contribution in [3.05, 3.63) is 89.5 Å². The molecule has 252 valence electrons. The normalized spacial score (nSPS) is 20.6. The quantitative estimate of drug-likeness (QED) is 0.116. The van der Waals surface area contributed by atoms with Crippen LogP contribution in [0.2, 0.25) is 0 Å². The Morgan fingerprint density at radius 2 is 1.40 bits per heavy atom. The van der Waals surface area contributed by atoms with Crippen molar-refractivity contribution in [2.24, 2.45) is 0 Å². The lowest BCUT2D eigenvalue weighted by atomic mass is 9.99. The van der Waals surface area contributed by atoms with E-state index in [9.17, 15) is 14.7 Å². The molecule has 9 heteroatoms. The third-order valence-corrected chi connectivity index (χ3v) is 9.03. The van der Waals surface area contributed by atoms with Crippen LogP contribution in [0.3, 0.4) is 0 Å². The van der Waals surface area contributed by atoms with Crippen molar-refractivity contribution in [1.29, 1.82) is 0 Å². The van der Waals surface area contributed by atoms with E-state index in [0.717, 1.165) is 54.9 Å². The molecule has 0 radical (unpaired) electrons. The first kappa shape index (κ1) is 34.6. The number of likely N-dealkylation sites (tertiary alicyclic amines) is 1. The standard InChI is InChI=1S/C38H50N4O5/c39-33-11-7-8-12-34(33)41-37(45)14-6-4-5-13-36(44)40-31-21-19-30(20-22-31)38-46-32(26-42-23-9-2-1-3-10-24-42)25-35(47-38)29-17-15-28(27-43)16-18-29/h7-8,11-12,15-22,32,35,38,43H,1-6,9-10,13-14,23-27,39H2,(H,40,44)(H,41,45)/t32-,35+,38+/m0/s1. The van der Waals surface area contributed by atoms with E-state index in [-0.39, 0.29) is 30.6 Å². The molecule has 3 aromatic rings. The summed E-state index contributed by atoms with van der Waals surface area (Å²) in [5.41, 5.74) is 10.7. The highest BCUT2D eigenvalue weighted by molar-refractivity contribution is 5.93. The smallest absolute Gasteiger partial charge is 0.224 e. The molecule has 0 spiro atoms. The largest absolute Gasteiger partial charge is 0.397 e. The Bertz CT molecular complexity index is 1410. The minimum atomic E-state index is -0.522. The molecule has 0 aliphatic carbocycles. The van der Waals surface area contributed by atoms with Crippen LogP contribution in [0.1, 0.15) is 99.7 Å². The van der Waals surface area contributed by atoms with Gasteiger partial charge in [-0.05, 0) is 74.2 Å². The van der Waals surface area contributed by atoms with E-state index in [0.29, 0.717) is 37.1 Å². The molecule has 2 amide bonds. The lowest BCUT2D eigenvalue weighted by Gasteiger charge is -2.38. The number of hydrogen-bond acceptors (Lipinski definition) is 7.